The molecule has 7 nitrogen and oxygen atoms in total. The average molecular weight is 404 g/mol. The number of methoxy groups -OCH3 is 2. The molecular formula is C23H20N2O5. The van der Waals surface area contributed by atoms with Crippen LogP contribution in [0.1, 0.15) is 23.2 Å². The van der Waals surface area contributed by atoms with Crippen LogP contribution < -0.4 is 9.47 Å². The van der Waals surface area contributed by atoms with Gasteiger partial charge in [-0.25, -0.2) is 4.98 Å². The standard InChI is InChI=1S/C23H20N2O5/c1-29-20-8-7-14(11-21(20)30-2)18-12-16(15-5-3-4-6-17(15)24-18)19(26)13-25-22(27)9-10-23(25)28/h3-8,11-12H,9-10,13H2,1-2H3. The van der Waals surface area contributed by atoms with Gasteiger partial charge in [0.25, 0.3) is 0 Å². The Kier molecular flexibility index (Phi) is 5.18. The maximum absolute atomic E-state index is 13.1. The lowest BCUT2D eigenvalue weighted by molar-refractivity contribution is -0.137. The summed E-state index contributed by atoms with van der Waals surface area (Å²) in [6.45, 7) is -0.267. The summed E-state index contributed by atoms with van der Waals surface area (Å²) in [6.07, 6.45) is 0.306. The number of hydrogen-bond acceptors (Lipinski definition) is 6. The quantitative estimate of drug-likeness (QED) is 0.463. The van der Waals surface area contributed by atoms with Crippen LogP contribution in [0.2, 0.25) is 0 Å². The van der Waals surface area contributed by atoms with E-state index in [1.807, 2.05) is 30.3 Å². The van der Waals surface area contributed by atoms with Crippen LogP contribution in [0.3, 0.4) is 0 Å². The van der Waals surface area contributed by atoms with E-state index in [-0.39, 0.29) is 37.0 Å². The van der Waals surface area contributed by atoms with Crippen LogP contribution in [0.4, 0.5) is 0 Å². The highest BCUT2D eigenvalue weighted by Crippen LogP contribution is 2.33. The van der Waals surface area contributed by atoms with Crippen LogP contribution in [-0.2, 0) is 9.59 Å². The first-order chi connectivity index (χ1) is 14.5. The van der Waals surface area contributed by atoms with Gasteiger partial charge in [-0.15, -0.1) is 0 Å². The lowest BCUT2D eigenvalue weighted by atomic mass is 10.0. The third-order valence-corrected chi connectivity index (χ3v) is 5.15. The van der Waals surface area contributed by atoms with Crippen LogP contribution in [0, 0.1) is 0 Å². The molecule has 0 spiro atoms. The van der Waals surface area contributed by atoms with Gasteiger partial charge in [-0.05, 0) is 30.3 Å². The summed E-state index contributed by atoms with van der Waals surface area (Å²) in [5.41, 5.74) is 2.39. The molecule has 0 radical (unpaired) electrons. The molecule has 1 aliphatic rings. The summed E-state index contributed by atoms with van der Waals surface area (Å²) in [6, 6.07) is 14.4. The van der Waals surface area contributed by atoms with Crippen molar-refractivity contribution in [1.82, 2.24) is 9.88 Å². The molecule has 0 N–H and O–H groups in total. The van der Waals surface area contributed by atoms with E-state index in [1.165, 1.54) is 0 Å². The summed E-state index contributed by atoms with van der Waals surface area (Å²) in [4.78, 5) is 42.7. The molecule has 0 aliphatic carbocycles. The highest BCUT2D eigenvalue weighted by molar-refractivity contribution is 6.13. The van der Waals surface area contributed by atoms with E-state index in [9.17, 15) is 14.4 Å². The first-order valence-corrected chi connectivity index (χ1v) is 9.50. The third-order valence-electron chi connectivity index (χ3n) is 5.15. The van der Waals surface area contributed by atoms with E-state index in [0.29, 0.717) is 33.7 Å². The fourth-order valence-corrected chi connectivity index (χ4v) is 3.58. The molecule has 1 aromatic heterocycles. The molecule has 7 heteroatoms. The molecule has 1 fully saturated rings. The Bertz CT molecular complexity index is 1160. The minimum absolute atomic E-state index is 0.153. The second kappa shape index (κ2) is 7.94. The van der Waals surface area contributed by atoms with Crippen LogP contribution in [-0.4, -0.2) is 48.2 Å². The van der Waals surface area contributed by atoms with Crippen molar-refractivity contribution < 1.29 is 23.9 Å². The number of fused-ring (bicyclic) bond motifs is 1. The smallest absolute Gasteiger partial charge is 0.230 e. The van der Waals surface area contributed by atoms with Crippen molar-refractivity contribution >= 4 is 28.5 Å². The molecule has 1 saturated heterocycles. The fraction of sp³-hybridized carbons (Fsp3) is 0.217. The molecule has 3 aromatic rings. The Hall–Kier alpha value is -3.74. The minimum atomic E-state index is -0.313. The number of Topliss-reactive ketones (excluding diaryl/α,β-unsaturated/α-hetero) is 1. The number of imide groups is 1. The number of hydrogen-bond donors (Lipinski definition) is 0. The van der Waals surface area contributed by atoms with E-state index in [0.717, 1.165) is 10.5 Å². The van der Waals surface area contributed by atoms with Crippen LogP contribution in [0.15, 0.2) is 48.5 Å². The number of carbonyl (C=O) groups is 3. The van der Waals surface area contributed by atoms with Crippen molar-refractivity contribution in [2.75, 3.05) is 20.8 Å². The molecule has 0 bridgehead atoms. The van der Waals surface area contributed by atoms with E-state index in [1.54, 1.807) is 32.4 Å². The molecular weight excluding hydrogens is 384 g/mol. The number of aromatic nitrogens is 1. The normalized spacial score (nSPS) is 13.7. The van der Waals surface area contributed by atoms with Gasteiger partial charge in [-0.2, -0.15) is 0 Å². The Morgan fingerprint density at radius 3 is 2.37 bits per heavy atom. The average Bonchev–Trinajstić information content (AvgIpc) is 3.09. The molecule has 152 valence electrons. The van der Waals surface area contributed by atoms with Gasteiger partial charge in [0.2, 0.25) is 11.8 Å². The van der Waals surface area contributed by atoms with Gasteiger partial charge in [0.15, 0.2) is 17.3 Å². The van der Waals surface area contributed by atoms with Gasteiger partial charge in [0.05, 0.1) is 32.0 Å². The molecule has 4 rings (SSSR count). The fourth-order valence-electron chi connectivity index (χ4n) is 3.58. The van der Waals surface area contributed by atoms with Crippen molar-refractivity contribution in [2.24, 2.45) is 0 Å². The summed E-state index contributed by atoms with van der Waals surface area (Å²) < 4.78 is 10.7. The van der Waals surface area contributed by atoms with E-state index < -0.39 is 0 Å². The first-order valence-electron chi connectivity index (χ1n) is 9.50. The van der Waals surface area contributed by atoms with Gasteiger partial charge < -0.3 is 9.47 Å². The molecule has 2 heterocycles. The maximum Gasteiger partial charge on any atom is 0.230 e. The Balaban J connectivity index is 1.79. The number of benzene rings is 2. The number of ether oxygens (including phenoxy) is 2. The topological polar surface area (TPSA) is 85.8 Å². The Labute approximate surface area is 173 Å². The zero-order valence-corrected chi connectivity index (χ0v) is 16.7. The molecule has 30 heavy (non-hydrogen) atoms. The van der Waals surface area contributed by atoms with E-state index >= 15 is 0 Å². The summed E-state index contributed by atoms with van der Waals surface area (Å²) in [7, 11) is 3.11. The highest BCUT2D eigenvalue weighted by Gasteiger charge is 2.31. The van der Waals surface area contributed by atoms with Gasteiger partial charge in [0, 0.05) is 29.4 Å². The second-order valence-corrected chi connectivity index (χ2v) is 6.94. The minimum Gasteiger partial charge on any atom is -0.493 e. The van der Waals surface area contributed by atoms with Crippen LogP contribution in [0.5, 0.6) is 11.5 Å². The van der Waals surface area contributed by atoms with Crippen molar-refractivity contribution in [1.29, 1.82) is 0 Å². The van der Waals surface area contributed by atoms with Gasteiger partial charge in [0.1, 0.15) is 0 Å². The summed E-state index contributed by atoms with van der Waals surface area (Å²) in [5, 5.41) is 0.672. The lowest BCUT2D eigenvalue weighted by Gasteiger charge is -2.15. The lowest BCUT2D eigenvalue weighted by Crippen LogP contribution is -2.34. The Morgan fingerprint density at radius 2 is 1.67 bits per heavy atom. The third kappa shape index (κ3) is 3.50. The van der Waals surface area contributed by atoms with Crippen LogP contribution in [0.25, 0.3) is 22.2 Å². The molecule has 2 aromatic carbocycles. The number of pyridine rings is 1. The second-order valence-electron chi connectivity index (χ2n) is 6.94. The largest absolute Gasteiger partial charge is 0.493 e. The van der Waals surface area contributed by atoms with E-state index in [2.05, 4.69) is 4.98 Å². The SMILES string of the molecule is COc1ccc(-c2cc(C(=O)CN3C(=O)CCC3=O)c3ccccc3n2)cc1OC. The molecule has 0 atom stereocenters. The highest BCUT2D eigenvalue weighted by atomic mass is 16.5. The number of amides is 2. The number of nitrogens with zero attached hydrogens (tertiary/aromatic N) is 2. The molecule has 0 saturated carbocycles. The zero-order valence-electron chi connectivity index (χ0n) is 16.7. The molecule has 1 aliphatic heterocycles. The molecule has 0 unspecified atom stereocenters. The Morgan fingerprint density at radius 1 is 0.967 bits per heavy atom. The summed E-state index contributed by atoms with van der Waals surface area (Å²) >= 11 is 0. The number of carbonyl (C=O) groups excluding carboxylic acids is 3. The van der Waals surface area contributed by atoms with Gasteiger partial charge in [-0.3, -0.25) is 19.3 Å². The monoisotopic (exact) mass is 404 g/mol. The number of likely N-dealkylation sites (tertiary alicyclic amines) is 1. The maximum atomic E-state index is 13.1. The number of para-hydroxylation sites is 1. The first kappa shape index (κ1) is 19.6. The van der Waals surface area contributed by atoms with Crippen molar-refractivity contribution in [3.05, 3.63) is 54.1 Å². The van der Waals surface area contributed by atoms with Crippen molar-refractivity contribution in [3.63, 3.8) is 0 Å². The summed E-state index contributed by atoms with van der Waals surface area (Å²) in [5.74, 6) is 0.202. The zero-order chi connectivity index (χ0) is 21.3. The van der Waals surface area contributed by atoms with Crippen molar-refractivity contribution in [2.45, 2.75) is 12.8 Å². The van der Waals surface area contributed by atoms with Crippen molar-refractivity contribution in [3.8, 4) is 22.8 Å². The predicted octanol–water partition coefficient (Wildman–Crippen LogP) is 3.25. The number of rotatable bonds is 6. The van der Waals surface area contributed by atoms with Crippen LogP contribution >= 0.6 is 0 Å². The predicted molar refractivity (Wildman–Crippen MR) is 111 cm³/mol. The van der Waals surface area contributed by atoms with Gasteiger partial charge in [-0.1, -0.05) is 18.2 Å². The molecule has 2 amide bonds. The van der Waals surface area contributed by atoms with E-state index in [4.69, 9.17) is 9.47 Å². The number of ketones is 1. The van der Waals surface area contributed by atoms with Gasteiger partial charge >= 0.3 is 0 Å².